The summed E-state index contributed by atoms with van der Waals surface area (Å²) in [6.07, 6.45) is 0.823. The molecule has 126 valence electrons. The molecule has 2 aromatic rings. The maximum absolute atomic E-state index is 12.1. The van der Waals surface area contributed by atoms with Crippen LogP contribution in [0.15, 0.2) is 53.5 Å². The first-order valence-corrected chi connectivity index (χ1v) is 8.83. The van der Waals surface area contributed by atoms with Gasteiger partial charge in [-0.2, -0.15) is 13.4 Å². The van der Waals surface area contributed by atoms with Crippen LogP contribution in [0.2, 0.25) is 5.02 Å². The average Bonchev–Trinajstić information content (AvgIpc) is 2.52. The van der Waals surface area contributed by atoms with E-state index in [0.29, 0.717) is 5.02 Å². The molecular weight excluding hydrogens is 354 g/mol. The van der Waals surface area contributed by atoms with Gasteiger partial charge in [0.1, 0.15) is 0 Å². The van der Waals surface area contributed by atoms with E-state index in [-0.39, 0.29) is 5.56 Å². The van der Waals surface area contributed by atoms with Gasteiger partial charge in [-0.3, -0.25) is 4.79 Å². The van der Waals surface area contributed by atoms with E-state index >= 15 is 0 Å². The molecule has 0 bridgehead atoms. The molecule has 0 aliphatic rings. The van der Waals surface area contributed by atoms with E-state index in [1.807, 2.05) is 17.6 Å². The third-order valence-electron chi connectivity index (χ3n) is 2.79. The lowest BCUT2D eigenvalue weighted by atomic mass is 10.0. The average molecular weight is 368 g/mol. The van der Waals surface area contributed by atoms with Gasteiger partial charge in [0.2, 0.25) is 5.96 Å². The van der Waals surface area contributed by atoms with E-state index < -0.39 is 22.0 Å². The molecule has 0 aliphatic carbocycles. The van der Waals surface area contributed by atoms with Crippen LogP contribution in [-0.4, -0.2) is 26.5 Å². The molecule has 0 radical (unpaired) electrons. The van der Waals surface area contributed by atoms with Gasteiger partial charge in [-0.25, -0.2) is 5.48 Å². The summed E-state index contributed by atoms with van der Waals surface area (Å²) in [5, 5.41) is 0.577. The number of carbonyl (C=O) groups excluding carboxylic acids is 1. The van der Waals surface area contributed by atoms with E-state index in [0.717, 1.165) is 17.4 Å². The van der Waals surface area contributed by atoms with Crippen LogP contribution in [0.25, 0.3) is 11.1 Å². The quantitative estimate of drug-likeness (QED) is 0.485. The van der Waals surface area contributed by atoms with Crippen molar-refractivity contribution in [3.8, 4) is 11.1 Å². The van der Waals surface area contributed by atoms with E-state index in [4.69, 9.17) is 17.3 Å². The minimum Gasteiger partial charge on any atom is -0.368 e. The van der Waals surface area contributed by atoms with Gasteiger partial charge in [0.05, 0.1) is 6.26 Å². The third-order valence-corrected chi connectivity index (χ3v) is 3.41. The highest BCUT2D eigenvalue weighted by molar-refractivity contribution is 7.85. The van der Waals surface area contributed by atoms with E-state index in [9.17, 15) is 13.2 Å². The van der Waals surface area contributed by atoms with Crippen LogP contribution in [0, 0.1) is 0 Å². The number of benzene rings is 2. The second-order valence-electron chi connectivity index (χ2n) is 4.78. The molecule has 0 fully saturated rings. The Bertz CT molecular complexity index is 897. The first-order valence-electron chi connectivity index (χ1n) is 6.63. The van der Waals surface area contributed by atoms with Gasteiger partial charge in [0.25, 0.3) is 16.0 Å². The van der Waals surface area contributed by atoms with Crippen molar-refractivity contribution in [3.63, 3.8) is 0 Å². The Morgan fingerprint density at radius 3 is 2.42 bits per heavy atom. The predicted molar refractivity (Wildman–Crippen MR) is 91.9 cm³/mol. The molecular formula is C15H14ClN3O4S. The highest BCUT2D eigenvalue weighted by Crippen LogP contribution is 2.23. The highest BCUT2D eigenvalue weighted by Gasteiger charge is 2.09. The van der Waals surface area contributed by atoms with E-state index in [1.54, 1.807) is 36.4 Å². The molecule has 24 heavy (non-hydrogen) atoms. The minimum absolute atomic E-state index is 0.275. The zero-order valence-electron chi connectivity index (χ0n) is 12.6. The maximum Gasteiger partial charge on any atom is 0.285 e. The summed E-state index contributed by atoms with van der Waals surface area (Å²) < 4.78 is 25.9. The zero-order valence-corrected chi connectivity index (χ0v) is 14.1. The molecule has 9 heteroatoms. The Morgan fingerprint density at radius 2 is 1.79 bits per heavy atom. The van der Waals surface area contributed by atoms with Gasteiger partial charge in [0, 0.05) is 10.6 Å². The van der Waals surface area contributed by atoms with Crippen LogP contribution in [-0.2, 0) is 14.4 Å². The fourth-order valence-electron chi connectivity index (χ4n) is 1.81. The molecule has 7 nitrogen and oxygen atoms in total. The first kappa shape index (κ1) is 17.9. The van der Waals surface area contributed by atoms with Gasteiger partial charge >= 0.3 is 0 Å². The van der Waals surface area contributed by atoms with Crippen LogP contribution in [0.1, 0.15) is 10.4 Å². The molecule has 0 unspecified atom stereocenters. The van der Waals surface area contributed by atoms with Crippen LogP contribution >= 0.6 is 11.6 Å². The van der Waals surface area contributed by atoms with Crippen LogP contribution in [0.5, 0.6) is 0 Å². The summed E-state index contributed by atoms with van der Waals surface area (Å²) in [6.45, 7) is 0. The van der Waals surface area contributed by atoms with E-state index in [1.165, 1.54) is 0 Å². The summed E-state index contributed by atoms with van der Waals surface area (Å²) in [4.78, 5) is 15.6. The third kappa shape index (κ3) is 5.34. The molecule has 1 amide bonds. The standard InChI is InChI=1S/C15H14ClN3O4S/c1-24(21,22)23-19-15(17)18-14(20)12-6-2-4-10(8-12)11-5-3-7-13(16)9-11/h2-9H,1H3,(H3,17,18,19,20). The molecule has 0 saturated heterocycles. The van der Waals surface area contributed by atoms with Crippen LogP contribution in [0.3, 0.4) is 0 Å². The summed E-state index contributed by atoms with van der Waals surface area (Å²) in [5.74, 6) is -1.13. The number of amides is 1. The molecule has 0 aromatic heterocycles. The van der Waals surface area contributed by atoms with Crippen LogP contribution < -0.4 is 11.2 Å². The fourth-order valence-corrected chi connectivity index (χ4v) is 2.24. The largest absolute Gasteiger partial charge is 0.368 e. The number of carbonyl (C=O) groups is 1. The molecule has 0 atom stereocenters. The van der Waals surface area contributed by atoms with Gasteiger partial charge in [0.15, 0.2) is 0 Å². The number of aliphatic imine (C=N–C) groups is 1. The van der Waals surface area contributed by atoms with Crippen molar-refractivity contribution in [2.45, 2.75) is 0 Å². The molecule has 0 aliphatic heterocycles. The Balaban J connectivity index is 2.20. The van der Waals surface area contributed by atoms with Crippen molar-refractivity contribution in [1.29, 1.82) is 0 Å². The smallest absolute Gasteiger partial charge is 0.285 e. The fraction of sp³-hybridized carbons (Fsp3) is 0.0667. The monoisotopic (exact) mass is 367 g/mol. The number of hydrogen-bond acceptors (Lipinski definition) is 4. The lowest BCUT2D eigenvalue weighted by Gasteiger charge is -2.05. The SMILES string of the molecule is CS(=O)(=O)ONC(N)=NC(=O)c1cccc(-c2cccc(Cl)c2)c1. The first-order chi connectivity index (χ1) is 11.2. The number of nitrogens with zero attached hydrogens (tertiary/aromatic N) is 1. The highest BCUT2D eigenvalue weighted by atomic mass is 35.5. The lowest BCUT2D eigenvalue weighted by molar-refractivity contribution is 0.100. The van der Waals surface area contributed by atoms with Crippen molar-refractivity contribution >= 4 is 33.6 Å². The van der Waals surface area contributed by atoms with E-state index in [2.05, 4.69) is 9.28 Å². The molecule has 3 N–H and O–H groups in total. The van der Waals surface area contributed by atoms with Gasteiger partial charge in [-0.05, 0) is 35.4 Å². The molecule has 0 heterocycles. The summed E-state index contributed by atoms with van der Waals surface area (Å²) >= 11 is 5.96. The topological polar surface area (TPSA) is 111 Å². The predicted octanol–water partition coefficient (Wildman–Crippen LogP) is 1.94. The molecule has 2 aromatic carbocycles. The molecule has 2 rings (SSSR count). The van der Waals surface area contributed by atoms with Gasteiger partial charge in [-0.15, -0.1) is 4.28 Å². The van der Waals surface area contributed by atoms with Crippen molar-refractivity contribution in [3.05, 3.63) is 59.1 Å². The van der Waals surface area contributed by atoms with Crippen molar-refractivity contribution in [2.24, 2.45) is 10.7 Å². The minimum atomic E-state index is -3.76. The summed E-state index contributed by atoms with van der Waals surface area (Å²) in [6, 6.07) is 13.9. The number of hydroxylamine groups is 1. The van der Waals surface area contributed by atoms with Crippen LogP contribution in [0.4, 0.5) is 0 Å². The second kappa shape index (κ2) is 7.43. The van der Waals surface area contributed by atoms with Crippen molar-refractivity contribution < 1.29 is 17.5 Å². The number of hydrogen-bond donors (Lipinski definition) is 2. The van der Waals surface area contributed by atoms with Gasteiger partial charge < -0.3 is 5.73 Å². The maximum atomic E-state index is 12.1. The van der Waals surface area contributed by atoms with Crippen molar-refractivity contribution in [1.82, 2.24) is 5.48 Å². The summed E-state index contributed by atoms with van der Waals surface area (Å²) in [7, 11) is -3.76. The normalized spacial score (nSPS) is 12.0. The Labute approximate surface area is 144 Å². The zero-order chi connectivity index (χ0) is 17.7. The molecule has 0 saturated carbocycles. The number of nitrogens with two attached hydrogens (primary N) is 1. The Kier molecular flexibility index (Phi) is 5.55. The van der Waals surface area contributed by atoms with Gasteiger partial charge in [-0.1, -0.05) is 35.9 Å². The second-order valence-corrected chi connectivity index (χ2v) is 6.79. The molecule has 0 spiro atoms. The number of nitrogens with one attached hydrogen (secondary N) is 1. The lowest BCUT2D eigenvalue weighted by Crippen LogP contribution is -2.34. The number of rotatable bonds is 4. The van der Waals surface area contributed by atoms with Crippen molar-refractivity contribution in [2.75, 3.05) is 6.26 Å². The Morgan fingerprint density at radius 1 is 1.17 bits per heavy atom. The number of halogens is 1. The summed E-state index contributed by atoms with van der Waals surface area (Å²) in [5.41, 5.74) is 9.17. The number of guanidine groups is 1. The Hall–Kier alpha value is -2.42.